The smallest absolute Gasteiger partial charge is 0.265 e. The molecule has 17 nitrogen and oxygen atoms in total. The molecule has 11 rings (SSSR count). The van der Waals surface area contributed by atoms with Crippen molar-refractivity contribution < 1.29 is 82.5 Å². The number of aromatic nitrogens is 5. The van der Waals surface area contributed by atoms with Crippen molar-refractivity contribution in [3.8, 4) is 0 Å². The first-order chi connectivity index (χ1) is 37.9. The van der Waals surface area contributed by atoms with E-state index in [-0.39, 0.29) is 53.0 Å². The van der Waals surface area contributed by atoms with Gasteiger partial charge in [-0.3, -0.25) is 45.1 Å². The number of nitro benzene ring substituents is 2. The standard InChI is InChI=1S/2C19H12N3O4S.3C5H5N.BF4.ClH.2Pd/c2*23-22(24)15-8-10-16(11-9-15)27(25,26)21-17-5-1-3-13-6-7-14-4-2-12-20-19(14)18(13)17;3*1-2-4-6-5-3-1;2-1(3,4)5;;;/h2*1-12H;3*1-5H;;1H;;/q2*-1;;;;-1;;2*+2/p-1. The molecule has 0 saturated heterocycles. The summed E-state index contributed by atoms with van der Waals surface area (Å²) in [5.41, 5.74) is 1.50. The van der Waals surface area contributed by atoms with E-state index in [0.29, 0.717) is 21.8 Å². The van der Waals surface area contributed by atoms with Crippen molar-refractivity contribution >= 4 is 103 Å². The van der Waals surface area contributed by atoms with Crippen LogP contribution in [-0.2, 0) is 58.7 Å². The fourth-order valence-corrected chi connectivity index (χ4v) is 8.72. The Balaban J connectivity index is 0.000000239. The number of halogens is 5. The van der Waals surface area contributed by atoms with Crippen molar-refractivity contribution in [3.63, 3.8) is 0 Å². The molecule has 5 aromatic heterocycles. The van der Waals surface area contributed by atoms with Gasteiger partial charge in [0.15, 0.2) is 0 Å². The van der Waals surface area contributed by atoms with Crippen molar-refractivity contribution in [3.05, 3.63) is 267 Å². The number of nitro groups is 2. The summed E-state index contributed by atoms with van der Waals surface area (Å²) in [5.74, 6) is 0. The normalized spacial score (nSPS) is 10.4. The van der Waals surface area contributed by atoms with E-state index in [9.17, 15) is 54.3 Å². The summed E-state index contributed by atoms with van der Waals surface area (Å²) in [5, 5.41) is 26.2. The van der Waals surface area contributed by atoms with E-state index in [4.69, 9.17) is 0 Å². The van der Waals surface area contributed by atoms with Gasteiger partial charge in [-0.1, -0.05) is 91.0 Å². The first-order valence-corrected chi connectivity index (χ1v) is 27.3. The Kier molecular flexibility index (Phi) is 25.8. The summed E-state index contributed by atoms with van der Waals surface area (Å²) in [7, 11) is -9.59. The zero-order chi connectivity index (χ0) is 57.3. The van der Waals surface area contributed by atoms with Crippen LogP contribution in [0, 0.1) is 20.2 Å². The molecule has 0 radical (unpaired) electrons. The third-order valence-corrected chi connectivity index (χ3v) is 12.6. The molecule has 0 atom stereocenters. The van der Waals surface area contributed by atoms with Crippen LogP contribution < -0.4 is 0 Å². The van der Waals surface area contributed by atoms with Crippen molar-refractivity contribution in [1.82, 2.24) is 24.9 Å². The molecule has 0 spiro atoms. The van der Waals surface area contributed by atoms with Gasteiger partial charge in [-0.15, -0.1) is 11.4 Å². The fourth-order valence-electron chi connectivity index (χ4n) is 6.72. The van der Waals surface area contributed by atoms with Crippen LogP contribution in [0.2, 0.25) is 0 Å². The fraction of sp³-hybridized carbons (Fsp3) is 0. The predicted molar refractivity (Wildman–Crippen MR) is 294 cm³/mol. The molecule has 80 heavy (non-hydrogen) atoms. The van der Waals surface area contributed by atoms with Gasteiger partial charge in [-0.25, -0.2) is 16.8 Å². The number of sulfonamides is 2. The summed E-state index contributed by atoms with van der Waals surface area (Å²) in [6, 6.07) is 51.8. The topological polar surface area (TPSA) is 247 Å². The van der Waals surface area contributed by atoms with E-state index in [1.807, 2.05) is 115 Å². The Morgan fingerprint density at radius 2 is 0.700 bits per heavy atom. The molecule has 0 aliphatic heterocycles. The van der Waals surface area contributed by atoms with Gasteiger partial charge in [0.05, 0.1) is 30.7 Å². The Morgan fingerprint density at radius 3 is 0.963 bits per heavy atom. The number of nitrogens with zero attached hydrogens (tertiary/aromatic N) is 9. The second-order valence-corrected chi connectivity index (χ2v) is 18.4. The SMILES string of the molecule is F[B-](F)(F)F.O=[N+]([O-])c1ccc(S(=O)(=O)[N-]c2cccc3ccc4cccnc4c23)cc1.O=[N+]([O-])c1ccc(S(=O)(=O)[N-]c2cccc3ccc4cccnc4c23)cc1.[Cl][Pd+].[Pd+2].c1ccncc1.c1ccncc1.c1ccncc1. The molecule has 0 aliphatic rings. The number of rotatable bonds is 8. The maximum Gasteiger partial charge on any atom is 2.00 e. The summed E-state index contributed by atoms with van der Waals surface area (Å²) < 4.78 is 97.8. The van der Waals surface area contributed by atoms with Crippen molar-refractivity contribution in [1.29, 1.82) is 0 Å². The Bertz CT molecular complexity index is 3580. The summed E-state index contributed by atoms with van der Waals surface area (Å²) in [6.45, 7) is 0. The number of hydrogen-bond donors (Lipinski definition) is 0. The number of fused-ring (bicyclic) bond motifs is 6. The maximum absolute atomic E-state index is 12.7. The third-order valence-electron chi connectivity index (χ3n) is 10.0. The van der Waals surface area contributed by atoms with E-state index in [1.165, 1.54) is 24.3 Å². The summed E-state index contributed by atoms with van der Waals surface area (Å²) >= 11 is 2.22. The predicted octanol–water partition coefficient (Wildman–Crippen LogP) is 14.6. The number of benzene rings is 6. The van der Waals surface area contributed by atoms with Crippen LogP contribution >= 0.6 is 9.53 Å². The van der Waals surface area contributed by atoms with Gasteiger partial charge in [0, 0.05) is 84.6 Å². The molecule has 5 heterocycles. The molecule has 11 aromatic rings. The van der Waals surface area contributed by atoms with E-state index in [2.05, 4.69) is 62.1 Å². The van der Waals surface area contributed by atoms with E-state index >= 15 is 0 Å². The summed E-state index contributed by atoms with van der Waals surface area (Å²) in [6.07, 6.45) is 13.8. The molecular weight excluding hydrogens is 1290 g/mol. The Morgan fingerprint density at radius 1 is 0.412 bits per heavy atom. The molecule has 414 valence electrons. The average Bonchev–Trinajstić information content (AvgIpc) is 3.62. The number of non-ortho nitro benzene ring substituents is 2. The maximum atomic E-state index is 12.7. The molecule has 6 aromatic carbocycles. The van der Waals surface area contributed by atoms with Gasteiger partial charge < -0.3 is 26.7 Å². The quantitative estimate of drug-likeness (QED) is 0.0452. The zero-order valence-corrected chi connectivity index (χ0v) is 46.2. The molecule has 27 heteroatoms. The van der Waals surface area contributed by atoms with Crippen LogP contribution in [0.25, 0.3) is 52.8 Å². The number of pyridine rings is 5. The van der Waals surface area contributed by atoms with E-state index in [0.717, 1.165) is 45.8 Å². The van der Waals surface area contributed by atoms with Crippen molar-refractivity contribution in [2.24, 2.45) is 0 Å². The molecular formula is C53H39BClF4N9O8Pd2S2. The minimum atomic E-state index is -6.00. The van der Waals surface area contributed by atoms with Crippen LogP contribution in [-0.4, -0.2) is 58.9 Å². The van der Waals surface area contributed by atoms with Crippen LogP contribution in [0.5, 0.6) is 0 Å². The van der Waals surface area contributed by atoms with E-state index < -0.39 is 37.1 Å². The molecule has 0 bridgehead atoms. The molecule has 0 aliphatic carbocycles. The van der Waals surface area contributed by atoms with Gasteiger partial charge in [-0.2, -0.15) is 0 Å². The van der Waals surface area contributed by atoms with Gasteiger partial charge in [-0.05, 0) is 94.3 Å². The second kappa shape index (κ2) is 32.0. The Hall–Kier alpha value is -8.19. The summed E-state index contributed by atoms with van der Waals surface area (Å²) in [4.78, 5) is 40.2. The molecule has 0 fully saturated rings. The first kappa shape index (κ1) is 64.3. The van der Waals surface area contributed by atoms with Gasteiger partial charge in [0.1, 0.15) is 20.0 Å². The molecule has 0 amide bonds. The molecule has 0 N–H and O–H groups in total. The molecule has 0 unspecified atom stereocenters. The van der Waals surface area contributed by atoms with Gasteiger partial charge >= 0.3 is 55.4 Å². The monoisotopic (exact) mass is 1330 g/mol. The minimum absolute atomic E-state index is 0. The average molecular weight is 1330 g/mol. The van der Waals surface area contributed by atoms with Crippen LogP contribution in [0.4, 0.5) is 40.0 Å². The van der Waals surface area contributed by atoms with Crippen LogP contribution in [0.3, 0.4) is 0 Å². The Labute approximate surface area is 484 Å². The molecule has 0 saturated carbocycles. The third kappa shape index (κ3) is 20.2. The van der Waals surface area contributed by atoms with Crippen LogP contribution in [0.1, 0.15) is 0 Å². The van der Waals surface area contributed by atoms with Crippen LogP contribution in [0.15, 0.2) is 247 Å². The van der Waals surface area contributed by atoms with E-state index in [1.54, 1.807) is 73.8 Å². The van der Waals surface area contributed by atoms with Crippen molar-refractivity contribution in [2.75, 3.05) is 0 Å². The van der Waals surface area contributed by atoms with Crippen molar-refractivity contribution in [2.45, 2.75) is 9.79 Å². The largest absolute Gasteiger partial charge is 2.00 e. The first-order valence-electron chi connectivity index (χ1n) is 22.4. The minimum Gasteiger partial charge on any atom is -0.265 e. The second-order valence-electron chi connectivity index (χ2n) is 15.2. The van der Waals surface area contributed by atoms with Gasteiger partial charge in [0.25, 0.3) is 11.4 Å². The van der Waals surface area contributed by atoms with Gasteiger partial charge in [0.2, 0.25) is 0 Å². The number of hydrogen-bond acceptors (Lipinski definition) is 13. The zero-order valence-electron chi connectivity index (χ0n) is 40.7.